The molecule has 1 aliphatic carbocycles. The highest BCUT2D eigenvalue weighted by Crippen LogP contribution is 2.40. The van der Waals surface area contributed by atoms with Crippen LogP contribution in [-0.4, -0.2) is 19.5 Å². The van der Waals surface area contributed by atoms with Gasteiger partial charge in [0.25, 0.3) is 0 Å². The summed E-state index contributed by atoms with van der Waals surface area (Å²) in [4.78, 5) is 0.262. The van der Waals surface area contributed by atoms with E-state index in [9.17, 15) is 8.42 Å². The first kappa shape index (κ1) is 16.6. The predicted octanol–water partition coefficient (Wildman–Crippen LogP) is 5.11. The Labute approximate surface area is 138 Å². The summed E-state index contributed by atoms with van der Waals surface area (Å²) in [5, 5.41) is 1.38. The third kappa shape index (κ3) is 3.70. The van der Waals surface area contributed by atoms with E-state index in [4.69, 9.17) is 23.2 Å². The average Bonchev–Trinajstić information content (AvgIpc) is 2.42. The summed E-state index contributed by atoms with van der Waals surface area (Å²) in [6.45, 7) is 0. The Morgan fingerprint density at radius 3 is 2.30 bits per heavy atom. The molecule has 1 saturated carbocycles. The molecule has 1 aromatic rings. The monoisotopic (exact) mass is 398 g/mol. The zero-order valence-corrected chi connectivity index (χ0v) is 15.0. The van der Waals surface area contributed by atoms with Gasteiger partial charge in [-0.25, -0.2) is 8.42 Å². The molecule has 2 nitrogen and oxygen atoms in total. The first-order valence-electron chi connectivity index (χ1n) is 6.62. The highest BCUT2D eigenvalue weighted by Gasteiger charge is 2.36. The number of alkyl halides is 1. The fourth-order valence-corrected chi connectivity index (χ4v) is 6.10. The third-order valence-electron chi connectivity index (χ3n) is 3.94. The third-order valence-corrected chi connectivity index (χ3v) is 7.84. The molecule has 6 heteroatoms. The zero-order valence-electron chi connectivity index (χ0n) is 11.0. The van der Waals surface area contributed by atoms with Crippen LogP contribution in [0.3, 0.4) is 0 Å². The smallest absolute Gasteiger partial charge is 0.179 e. The van der Waals surface area contributed by atoms with Crippen LogP contribution in [0, 0.1) is 5.41 Å². The maximum atomic E-state index is 12.6. The number of hydrogen-bond acceptors (Lipinski definition) is 2. The Morgan fingerprint density at radius 2 is 1.75 bits per heavy atom. The van der Waals surface area contributed by atoms with Gasteiger partial charge in [0.1, 0.15) is 0 Å². The summed E-state index contributed by atoms with van der Waals surface area (Å²) in [6, 6.07) is 4.52. The zero-order chi connectivity index (χ0) is 14.8. The second kappa shape index (κ2) is 6.55. The Hall–Kier alpha value is 0.230. The van der Waals surface area contributed by atoms with Gasteiger partial charge in [-0.15, -0.1) is 0 Å². The summed E-state index contributed by atoms with van der Waals surface area (Å²) in [7, 11) is -3.34. The van der Waals surface area contributed by atoms with Crippen molar-refractivity contribution in [1.82, 2.24) is 0 Å². The fraction of sp³-hybridized carbons (Fsp3) is 0.571. The van der Waals surface area contributed by atoms with E-state index in [0.717, 1.165) is 31.0 Å². The van der Waals surface area contributed by atoms with Crippen LogP contribution in [0.25, 0.3) is 0 Å². The molecule has 20 heavy (non-hydrogen) atoms. The molecule has 0 amide bonds. The van der Waals surface area contributed by atoms with Crippen molar-refractivity contribution >= 4 is 49.0 Å². The lowest BCUT2D eigenvalue weighted by Crippen LogP contribution is -2.34. The van der Waals surface area contributed by atoms with Crippen molar-refractivity contribution < 1.29 is 8.42 Å². The van der Waals surface area contributed by atoms with E-state index in [1.54, 1.807) is 6.07 Å². The van der Waals surface area contributed by atoms with E-state index in [0.29, 0.717) is 5.02 Å². The van der Waals surface area contributed by atoms with E-state index in [1.165, 1.54) is 18.6 Å². The van der Waals surface area contributed by atoms with Crippen LogP contribution in [-0.2, 0) is 9.84 Å². The van der Waals surface area contributed by atoms with Crippen LogP contribution in [0.5, 0.6) is 0 Å². The molecule has 0 unspecified atom stereocenters. The standard InChI is InChI=1S/C14H17BrCl2O2S/c15-9-14(6-2-1-3-7-14)10-20(18,19)11-4-5-12(16)13(17)8-11/h4-5,8H,1-3,6-7,9-10H2. The normalized spacial score (nSPS) is 18.9. The summed E-state index contributed by atoms with van der Waals surface area (Å²) in [6.07, 6.45) is 5.31. The minimum Gasteiger partial charge on any atom is -0.224 e. The molecule has 0 radical (unpaired) electrons. The van der Waals surface area contributed by atoms with Crippen molar-refractivity contribution in [1.29, 1.82) is 0 Å². The SMILES string of the molecule is O=S(=O)(CC1(CBr)CCCCC1)c1ccc(Cl)c(Cl)c1. The van der Waals surface area contributed by atoms with Gasteiger partial charge in [0.05, 0.1) is 20.7 Å². The van der Waals surface area contributed by atoms with Crippen LogP contribution in [0.4, 0.5) is 0 Å². The fourth-order valence-electron chi connectivity index (χ4n) is 2.78. The number of rotatable bonds is 4. The number of hydrogen-bond donors (Lipinski definition) is 0. The van der Waals surface area contributed by atoms with Gasteiger partial charge >= 0.3 is 0 Å². The maximum Gasteiger partial charge on any atom is 0.179 e. The molecular formula is C14H17BrCl2O2S. The molecule has 2 rings (SSSR count). The summed E-state index contributed by atoms with van der Waals surface area (Å²) >= 11 is 15.3. The second-order valence-corrected chi connectivity index (χ2v) is 8.89. The van der Waals surface area contributed by atoms with Crippen molar-refractivity contribution in [3.63, 3.8) is 0 Å². The van der Waals surface area contributed by atoms with Gasteiger partial charge in [0.15, 0.2) is 9.84 Å². The molecule has 0 aromatic heterocycles. The molecule has 0 heterocycles. The minimum absolute atomic E-state index is 0.150. The lowest BCUT2D eigenvalue weighted by molar-refractivity contribution is 0.256. The Bertz CT molecular complexity index is 581. The highest BCUT2D eigenvalue weighted by molar-refractivity contribution is 9.09. The van der Waals surface area contributed by atoms with Crippen LogP contribution < -0.4 is 0 Å². The Balaban J connectivity index is 2.27. The van der Waals surface area contributed by atoms with Gasteiger partial charge in [0.2, 0.25) is 0 Å². The van der Waals surface area contributed by atoms with E-state index < -0.39 is 9.84 Å². The van der Waals surface area contributed by atoms with Crippen molar-refractivity contribution in [3.8, 4) is 0 Å². The highest BCUT2D eigenvalue weighted by atomic mass is 79.9. The molecule has 1 aliphatic rings. The number of sulfone groups is 1. The minimum atomic E-state index is -3.34. The van der Waals surface area contributed by atoms with Gasteiger partial charge in [-0.1, -0.05) is 58.4 Å². The maximum absolute atomic E-state index is 12.6. The molecule has 112 valence electrons. The number of benzene rings is 1. The first-order chi connectivity index (χ1) is 9.38. The average molecular weight is 400 g/mol. The van der Waals surface area contributed by atoms with Crippen molar-refractivity contribution in [2.75, 3.05) is 11.1 Å². The summed E-state index contributed by atoms with van der Waals surface area (Å²) in [5.74, 6) is 0.170. The molecule has 0 atom stereocenters. The van der Waals surface area contributed by atoms with E-state index in [1.807, 2.05) is 0 Å². The topological polar surface area (TPSA) is 34.1 Å². The van der Waals surface area contributed by atoms with Crippen LogP contribution >= 0.6 is 39.1 Å². The van der Waals surface area contributed by atoms with E-state index >= 15 is 0 Å². The predicted molar refractivity (Wildman–Crippen MR) is 87.8 cm³/mol. The van der Waals surface area contributed by atoms with Crippen molar-refractivity contribution in [3.05, 3.63) is 28.2 Å². The van der Waals surface area contributed by atoms with Gasteiger partial charge < -0.3 is 0 Å². The van der Waals surface area contributed by atoms with Crippen LogP contribution in [0.15, 0.2) is 23.1 Å². The summed E-state index contributed by atoms with van der Waals surface area (Å²) < 4.78 is 25.2. The molecule has 0 spiro atoms. The molecular weight excluding hydrogens is 383 g/mol. The molecule has 0 aliphatic heterocycles. The molecule has 0 N–H and O–H groups in total. The largest absolute Gasteiger partial charge is 0.224 e. The van der Waals surface area contributed by atoms with E-state index in [-0.39, 0.29) is 21.1 Å². The van der Waals surface area contributed by atoms with Gasteiger partial charge in [-0.05, 0) is 36.5 Å². The van der Waals surface area contributed by atoms with Crippen LogP contribution in [0.2, 0.25) is 10.0 Å². The Morgan fingerprint density at radius 1 is 1.10 bits per heavy atom. The quantitative estimate of drug-likeness (QED) is 0.659. The Kier molecular flexibility index (Phi) is 5.44. The number of halogens is 3. The van der Waals surface area contributed by atoms with Crippen molar-refractivity contribution in [2.24, 2.45) is 5.41 Å². The first-order valence-corrected chi connectivity index (χ1v) is 10.2. The van der Waals surface area contributed by atoms with Gasteiger partial charge in [-0.3, -0.25) is 0 Å². The second-order valence-electron chi connectivity index (χ2n) is 5.53. The molecule has 0 bridgehead atoms. The lowest BCUT2D eigenvalue weighted by Gasteiger charge is -2.35. The van der Waals surface area contributed by atoms with E-state index in [2.05, 4.69) is 15.9 Å². The lowest BCUT2D eigenvalue weighted by atomic mass is 9.77. The molecule has 1 fully saturated rings. The van der Waals surface area contributed by atoms with Crippen molar-refractivity contribution in [2.45, 2.75) is 37.0 Å². The molecule has 0 saturated heterocycles. The van der Waals surface area contributed by atoms with Gasteiger partial charge in [0, 0.05) is 5.33 Å². The summed E-state index contributed by atoms with van der Waals surface area (Å²) in [5.41, 5.74) is -0.150. The van der Waals surface area contributed by atoms with Gasteiger partial charge in [-0.2, -0.15) is 0 Å². The molecule has 1 aromatic carbocycles. The van der Waals surface area contributed by atoms with Crippen LogP contribution in [0.1, 0.15) is 32.1 Å².